The number of aryl methyl sites for hydroxylation is 2. The molecule has 5 nitrogen and oxygen atoms in total. The van der Waals surface area contributed by atoms with Gasteiger partial charge in [-0.25, -0.2) is 4.99 Å². The molecule has 0 aromatic heterocycles. The first-order valence-electron chi connectivity index (χ1n) is 8.87. The average molecular weight is 461 g/mol. The minimum atomic E-state index is 0. The fraction of sp³-hybridized carbons (Fsp3) is 0.632. The first-order chi connectivity index (χ1) is 11.5. The number of halogens is 1. The molecule has 0 radical (unpaired) electrons. The van der Waals surface area contributed by atoms with Crippen molar-refractivity contribution >= 4 is 29.9 Å². The van der Waals surface area contributed by atoms with Gasteiger partial charge in [-0.2, -0.15) is 0 Å². The molecule has 0 atom stereocenters. The number of ether oxygens (including phenoxy) is 1. The van der Waals surface area contributed by atoms with E-state index in [1.807, 2.05) is 33.0 Å². The second kappa shape index (κ2) is 10.9. The Morgan fingerprint density at radius 3 is 2.52 bits per heavy atom. The number of phenolic OH excluding ortho intramolecular Hbond substituents is 1. The van der Waals surface area contributed by atoms with Crippen LogP contribution in [0.25, 0.3) is 0 Å². The Bertz CT molecular complexity index is 551. The molecule has 0 aliphatic heterocycles. The predicted molar refractivity (Wildman–Crippen MR) is 114 cm³/mol. The number of nitrogens with one attached hydrogen (secondary N) is 1. The lowest BCUT2D eigenvalue weighted by Gasteiger charge is -2.22. The summed E-state index contributed by atoms with van der Waals surface area (Å²) in [6.45, 7) is 9.79. The maximum absolute atomic E-state index is 9.87. The minimum Gasteiger partial charge on any atom is -0.507 e. The van der Waals surface area contributed by atoms with Crippen LogP contribution in [-0.2, 0) is 11.3 Å². The number of nitrogens with zero attached hydrogens (tertiary/aromatic N) is 2. The third kappa shape index (κ3) is 7.40. The summed E-state index contributed by atoms with van der Waals surface area (Å²) >= 11 is 0. The van der Waals surface area contributed by atoms with Crippen LogP contribution in [0.1, 0.15) is 36.5 Å². The zero-order chi connectivity index (χ0) is 17.5. The van der Waals surface area contributed by atoms with E-state index in [0.29, 0.717) is 12.3 Å². The summed E-state index contributed by atoms with van der Waals surface area (Å²) in [5.74, 6) is 2.06. The Morgan fingerprint density at radius 1 is 1.32 bits per heavy atom. The van der Waals surface area contributed by atoms with Crippen LogP contribution >= 0.6 is 24.0 Å². The quantitative estimate of drug-likeness (QED) is 0.270. The van der Waals surface area contributed by atoms with Crippen molar-refractivity contribution in [3.63, 3.8) is 0 Å². The number of guanidine groups is 1. The van der Waals surface area contributed by atoms with Crippen LogP contribution in [0.15, 0.2) is 17.1 Å². The highest BCUT2D eigenvalue weighted by atomic mass is 127. The molecular weight excluding hydrogens is 429 g/mol. The first kappa shape index (κ1) is 22.0. The van der Waals surface area contributed by atoms with Crippen molar-refractivity contribution in [3.05, 3.63) is 28.8 Å². The molecule has 6 heteroatoms. The Hall–Kier alpha value is -1.02. The first-order valence-corrected chi connectivity index (χ1v) is 8.87. The molecule has 1 aliphatic rings. The summed E-state index contributed by atoms with van der Waals surface area (Å²) < 4.78 is 5.71. The molecule has 0 heterocycles. The molecule has 1 aromatic carbocycles. The van der Waals surface area contributed by atoms with Crippen molar-refractivity contribution in [1.82, 2.24) is 10.2 Å². The van der Waals surface area contributed by atoms with Gasteiger partial charge in [0.25, 0.3) is 0 Å². The van der Waals surface area contributed by atoms with E-state index in [-0.39, 0.29) is 24.0 Å². The summed E-state index contributed by atoms with van der Waals surface area (Å²) in [6, 6.07) is 3.99. The van der Waals surface area contributed by atoms with Gasteiger partial charge < -0.3 is 20.1 Å². The third-order valence-corrected chi connectivity index (χ3v) is 4.28. The van der Waals surface area contributed by atoms with E-state index in [4.69, 9.17) is 9.73 Å². The highest BCUT2D eigenvalue weighted by Gasteiger charge is 2.21. The largest absolute Gasteiger partial charge is 0.507 e. The van der Waals surface area contributed by atoms with Crippen LogP contribution in [0, 0.1) is 19.8 Å². The van der Waals surface area contributed by atoms with Crippen molar-refractivity contribution in [3.8, 4) is 5.75 Å². The van der Waals surface area contributed by atoms with E-state index in [1.54, 1.807) is 0 Å². The highest BCUT2D eigenvalue weighted by Crippen LogP contribution is 2.28. The third-order valence-electron chi connectivity index (χ3n) is 4.28. The number of likely N-dealkylation sites (N-methyl/N-ethyl adjacent to an activating group) is 1. The molecule has 0 saturated heterocycles. The number of hydrogen-bond donors (Lipinski definition) is 2. The lowest BCUT2D eigenvalue weighted by Crippen LogP contribution is -2.40. The topological polar surface area (TPSA) is 57.1 Å². The number of phenols is 1. The molecule has 25 heavy (non-hydrogen) atoms. The van der Waals surface area contributed by atoms with E-state index >= 15 is 0 Å². The van der Waals surface area contributed by atoms with Gasteiger partial charge in [-0.15, -0.1) is 24.0 Å². The molecule has 1 aromatic rings. The van der Waals surface area contributed by atoms with Gasteiger partial charge in [0.1, 0.15) is 5.75 Å². The number of aliphatic imine (C=N–C) groups is 1. The van der Waals surface area contributed by atoms with Crippen LogP contribution in [0.5, 0.6) is 5.75 Å². The van der Waals surface area contributed by atoms with Gasteiger partial charge in [-0.1, -0.05) is 12.1 Å². The molecule has 1 saturated carbocycles. The zero-order valence-electron chi connectivity index (χ0n) is 15.8. The van der Waals surface area contributed by atoms with Crippen LogP contribution in [0.4, 0.5) is 0 Å². The molecule has 1 aliphatic carbocycles. The summed E-state index contributed by atoms with van der Waals surface area (Å²) in [5.41, 5.74) is 2.90. The van der Waals surface area contributed by atoms with Crippen molar-refractivity contribution in [2.24, 2.45) is 10.9 Å². The Kier molecular flexibility index (Phi) is 9.56. The van der Waals surface area contributed by atoms with E-state index < -0.39 is 0 Å². The fourth-order valence-electron chi connectivity index (χ4n) is 2.61. The van der Waals surface area contributed by atoms with Gasteiger partial charge in [0.15, 0.2) is 5.96 Å². The Morgan fingerprint density at radius 2 is 1.96 bits per heavy atom. The lowest BCUT2D eigenvalue weighted by molar-refractivity contribution is 0.115. The molecule has 1 fully saturated rings. The summed E-state index contributed by atoms with van der Waals surface area (Å²) in [7, 11) is 2.04. The highest BCUT2D eigenvalue weighted by molar-refractivity contribution is 14.0. The molecule has 0 amide bonds. The van der Waals surface area contributed by atoms with Crippen molar-refractivity contribution < 1.29 is 9.84 Å². The zero-order valence-corrected chi connectivity index (χ0v) is 18.2. The van der Waals surface area contributed by atoms with E-state index in [2.05, 4.69) is 17.1 Å². The molecular formula is C19H32IN3O2. The van der Waals surface area contributed by atoms with E-state index in [1.165, 1.54) is 12.8 Å². The van der Waals surface area contributed by atoms with Gasteiger partial charge in [-0.3, -0.25) is 0 Å². The SMILES string of the molecule is CCNC(=NCc1cc(C)c(O)c(C)c1)N(C)CCOCC1CC1.I. The van der Waals surface area contributed by atoms with Crippen LogP contribution in [-0.4, -0.2) is 49.3 Å². The van der Waals surface area contributed by atoms with Gasteiger partial charge in [0.05, 0.1) is 13.2 Å². The fourth-order valence-corrected chi connectivity index (χ4v) is 2.61. The van der Waals surface area contributed by atoms with Crippen LogP contribution in [0.3, 0.4) is 0 Å². The monoisotopic (exact) mass is 461 g/mol. The number of benzene rings is 1. The van der Waals surface area contributed by atoms with Crippen molar-refractivity contribution in [2.75, 3.05) is 33.4 Å². The second-order valence-electron chi connectivity index (χ2n) is 6.69. The summed E-state index contributed by atoms with van der Waals surface area (Å²) in [6.07, 6.45) is 2.65. The molecule has 2 rings (SSSR count). The van der Waals surface area contributed by atoms with Crippen molar-refractivity contribution in [2.45, 2.75) is 40.2 Å². The molecule has 2 N–H and O–H groups in total. The number of hydrogen-bond acceptors (Lipinski definition) is 3. The van der Waals surface area contributed by atoms with Gasteiger partial charge in [0.2, 0.25) is 0 Å². The lowest BCUT2D eigenvalue weighted by atomic mass is 10.1. The Labute approximate surface area is 168 Å². The van der Waals surface area contributed by atoms with E-state index in [0.717, 1.165) is 54.9 Å². The summed E-state index contributed by atoms with van der Waals surface area (Å²) in [4.78, 5) is 6.82. The average Bonchev–Trinajstić information content (AvgIpc) is 3.37. The minimum absolute atomic E-state index is 0. The molecule has 0 bridgehead atoms. The second-order valence-corrected chi connectivity index (χ2v) is 6.69. The number of rotatable bonds is 8. The van der Waals surface area contributed by atoms with Gasteiger partial charge >= 0.3 is 0 Å². The normalized spacial score (nSPS) is 14.2. The molecule has 0 spiro atoms. The maximum atomic E-state index is 9.87. The van der Waals surface area contributed by atoms with Gasteiger partial charge in [0, 0.05) is 26.7 Å². The van der Waals surface area contributed by atoms with Crippen molar-refractivity contribution in [1.29, 1.82) is 0 Å². The van der Waals surface area contributed by atoms with Crippen LogP contribution in [0.2, 0.25) is 0 Å². The maximum Gasteiger partial charge on any atom is 0.194 e. The summed E-state index contributed by atoms with van der Waals surface area (Å²) in [5, 5.41) is 13.2. The number of aromatic hydroxyl groups is 1. The molecule has 142 valence electrons. The Balaban J connectivity index is 0.00000312. The predicted octanol–water partition coefficient (Wildman–Crippen LogP) is 3.45. The van der Waals surface area contributed by atoms with Crippen LogP contribution < -0.4 is 5.32 Å². The smallest absolute Gasteiger partial charge is 0.194 e. The molecule has 0 unspecified atom stereocenters. The van der Waals surface area contributed by atoms with E-state index in [9.17, 15) is 5.11 Å². The standard InChI is InChI=1S/C19H31N3O2.HI/c1-5-20-19(22(4)8-9-24-13-16-6-7-16)21-12-17-10-14(2)18(23)15(3)11-17;/h10-11,16,23H,5-9,12-13H2,1-4H3,(H,20,21);1H. The van der Waals surface area contributed by atoms with Gasteiger partial charge in [-0.05, 0) is 56.2 Å².